The van der Waals surface area contributed by atoms with Gasteiger partial charge in [0.25, 0.3) is 0 Å². The normalized spacial score (nSPS) is 14.1. The number of anilines is 1. The molecule has 0 bridgehead atoms. The molecule has 3 aromatic rings. The molecule has 31 heavy (non-hydrogen) atoms. The first kappa shape index (κ1) is 22.1. The molecule has 9 heteroatoms. The molecule has 1 fully saturated rings. The topological polar surface area (TPSA) is 63.1 Å². The Balaban J connectivity index is 1.46. The Labute approximate surface area is 195 Å². The van der Waals surface area contributed by atoms with Crippen LogP contribution in [0.1, 0.15) is 24.2 Å². The molecule has 0 atom stereocenters. The molecule has 1 saturated heterocycles. The standard InChI is InChI=1S/C22H23Cl2N5OS/c23-17-9-6-10-18(21(17)24)25-20(30)15-31-22-27-26-19(14-28-11-4-5-12-28)29(22)13-16-7-2-1-3-8-16/h1-3,6-10H,4-5,11-15H2,(H,25,30). The zero-order chi connectivity index (χ0) is 21.6. The number of nitrogens with one attached hydrogen (secondary N) is 1. The van der Waals surface area contributed by atoms with E-state index in [0.29, 0.717) is 22.3 Å². The van der Waals surface area contributed by atoms with E-state index in [0.717, 1.165) is 30.6 Å². The monoisotopic (exact) mass is 475 g/mol. The number of carbonyl (C=O) groups excluding carboxylic acids is 1. The van der Waals surface area contributed by atoms with Crippen molar-refractivity contribution in [2.24, 2.45) is 0 Å². The smallest absolute Gasteiger partial charge is 0.234 e. The summed E-state index contributed by atoms with van der Waals surface area (Å²) in [5.41, 5.74) is 1.67. The van der Waals surface area contributed by atoms with Crippen LogP contribution in [0, 0.1) is 0 Å². The first-order valence-corrected chi connectivity index (χ1v) is 11.9. The number of halogens is 2. The number of hydrogen-bond acceptors (Lipinski definition) is 5. The first-order valence-electron chi connectivity index (χ1n) is 10.1. The predicted molar refractivity (Wildman–Crippen MR) is 126 cm³/mol. The first-order chi connectivity index (χ1) is 15.1. The average Bonchev–Trinajstić information content (AvgIpc) is 3.42. The van der Waals surface area contributed by atoms with Gasteiger partial charge in [0.2, 0.25) is 5.91 Å². The zero-order valence-corrected chi connectivity index (χ0v) is 19.3. The summed E-state index contributed by atoms with van der Waals surface area (Å²) in [6, 6.07) is 15.4. The van der Waals surface area contributed by atoms with Gasteiger partial charge >= 0.3 is 0 Å². The number of nitrogens with zero attached hydrogens (tertiary/aromatic N) is 4. The molecular weight excluding hydrogens is 453 g/mol. The van der Waals surface area contributed by atoms with Gasteiger partial charge in [0, 0.05) is 0 Å². The molecule has 4 rings (SSSR count). The van der Waals surface area contributed by atoms with Gasteiger partial charge < -0.3 is 9.88 Å². The molecule has 1 aromatic heterocycles. The summed E-state index contributed by atoms with van der Waals surface area (Å²) in [5.74, 6) is 0.940. The number of aromatic nitrogens is 3. The summed E-state index contributed by atoms with van der Waals surface area (Å²) in [6.45, 7) is 3.61. The van der Waals surface area contributed by atoms with Crippen molar-refractivity contribution >= 4 is 46.6 Å². The second kappa shape index (κ2) is 10.5. The Bertz CT molecular complexity index is 1040. The van der Waals surface area contributed by atoms with E-state index in [9.17, 15) is 4.79 Å². The fraction of sp³-hybridized carbons (Fsp3) is 0.318. The third kappa shape index (κ3) is 5.80. The van der Waals surface area contributed by atoms with Crippen LogP contribution >= 0.6 is 35.0 Å². The Morgan fingerprint density at radius 1 is 1.00 bits per heavy atom. The summed E-state index contributed by atoms with van der Waals surface area (Å²) in [5, 5.41) is 13.1. The van der Waals surface area contributed by atoms with Gasteiger partial charge in [-0.1, -0.05) is 71.4 Å². The lowest BCUT2D eigenvalue weighted by Gasteiger charge is -2.16. The highest BCUT2D eigenvalue weighted by Gasteiger charge is 2.19. The van der Waals surface area contributed by atoms with Gasteiger partial charge in [0.1, 0.15) is 5.82 Å². The fourth-order valence-electron chi connectivity index (χ4n) is 3.52. The van der Waals surface area contributed by atoms with Crippen molar-refractivity contribution in [3.8, 4) is 0 Å². The van der Waals surface area contributed by atoms with Crippen molar-refractivity contribution < 1.29 is 4.79 Å². The third-order valence-corrected chi connectivity index (χ3v) is 6.88. The summed E-state index contributed by atoms with van der Waals surface area (Å²) in [4.78, 5) is 14.9. The SMILES string of the molecule is O=C(CSc1nnc(CN2CCCC2)n1Cc1ccccc1)Nc1cccc(Cl)c1Cl. The summed E-state index contributed by atoms with van der Waals surface area (Å²) in [7, 11) is 0. The molecule has 162 valence electrons. The summed E-state index contributed by atoms with van der Waals surface area (Å²) < 4.78 is 2.11. The summed E-state index contributed by atoms with van der Waals surface area (Å²) in [6.07, 6.45) is 2.45. The van der Waals surface area contributed by atoms with Crippen molar-refractivity contribution in [2.45, 2.75) is 31.1 Å². The molecule has 1 amide bonds. The second-order valence-corrected chi connectivity index (χ2v) is 9.12. The molecule has 0 unspecified atom stereocenters. The number of rotatable bonds is 8. The molecule has 0 spiro atoms. The molecule has 1 N–H and O–H groups in total. The minimum atomic E-state index is -0.176. The minimum Gasteiger partial charge on any atom is -0.324 e. The predicted octanol–water partition coefficient (Wildman–Crippen LogP) is 4.96. The van der Waals surface area contributed by atoms with Crippen LogP contribution in [0.2, 0.25) is 10.0 Å². The molecule has 6 nitrogen and oxygen atoms in total. The van der Waals surface area contributed by atoms with E-state index in [2.05, 4.69) is 37.1 Å². The van der Waals surface area contributed by atoms with E-state index in [1.165, 1.54) is 30.2 Å². The second-order valence-electron chi connectivity index (χ2n) is 7.39. The molecule has 2 aromatic carbocycles. The van der Waals surface area contributed by atoms with Crippen molar-refractivity contribution in [3.63, 3.8) is 0 Å². The number of benzene rings is 2. The van der Waals surface area contributed by atoms with E-state index in [-0.39, 0.29) is 11.7 Å². The zero-order valence-electron chi connectivity index (χ0n) is 16.9. The van der Waals surface area contributed by atoms with Gasteiger partial charge in [-0.15, -0.1) is 10.2 Å². The van der Waals surface area contributed by atoms with E-state index >= 15 is 0 Å². The Morgan fingerprint density at radius 2 is 1.77 bits per heavy atom. The molecular formula is C22H23Cl2N5OS. The van der Waals surface area contributed by atoms with Crippen molar-refractivity contribution in [1.82, 2.24) is 19.7 Å². The van der Waals surface area contributed by atoms with Gasteiger partial charge in [0.05, 0.1) is 34.6 Å². The molecule has 0 aliphatic carbocycles. The fourth-order valence-corrected chi connectivity index (χ4v) is 4.63. The molecule has 0 radical (unpaired) electrons. The van der Waals surface area contributed by atoms with E-state index < -0.39 is 0 Å². The summed E-state index contributed by atoms with van der Waals surface area (Å²) >= 11 is 13.6. The van der Waals surface area contributed by atoms with E-state index in [1.807, 2.05) is 18.2 Å². The Hall–Kier alpha value is -2.06. The lowest BCUT2D eigenvalue weighted by Crippen LogP contribution is -2.22. The van der Waals surface area contributed by atoms with Gasteiger partial charge in [-0.3, -0.25) is 9.69 Å². The Kier molecular flexibility index (Phi) is 7.50. The van der Waals surface area contributed by atoms with Crippen LogP contribution in [-0.4, -0.2) is 44.4 Å². The highest BCUT2D eigenvalue weighted by atomic mass is 35.5. The third-order valence-electron chi connectivity index (χ3n) is 5.10. The highest BCUT2D eigenvalue weighted by molar-refractivity contribution is 7.99. The van der Waals surface area contributed by atoms with Crippen LogP contribution in [-0.2, 0) is 17.9 Å². The van der Waals surface area contributed by atoms with Gasteiger partial charge in [-0.05, 0) is 43.6 Å². The number of thioether (sulfide) groups is 1. The van der Waals surface area contributed by atoms with Crippen LogP contribution < -0.4 is 5.32 Å². The van der Waals surface area contributed by atoms with Crippen LogP contribution in [0.3, 0.4) is 0 Å². The molecule has 1 aliphatic heterocycles. The van der Waals surface area contributed by atoms with Crippen molar-refractivity contribution in [3.05, 3.63) is 70.0 Å². The molecule has 1 aliphatic rings. The van der Waals surface area contributed by atoms with Gasteiger partial charge in [0.15, 0.2) is 5.16 Å². The van der Waals surface area contributed by atoms with Crippen molar-refractivity contribution in [2.75, 3.05) is 24.2 Å². The molecule has 0 saturated carbocycles. The lowest BCUT2D eigenvalue weighted by atomic mass is 10.2. The maximum atomic E-state index is 12.5. The van der Waals surface area contributed by atoms with Crippen LogP contribution in [0.4, 0.5) is 5.69 Å². The minimum absolute atomic E-state index is 0.176. The van der Waals surface area contributed by atoms with Crippen LogP contribution in [0.15, 0.2) is 53.7 Å². The van der Waals surface area contributed by atoms with E-state index in [1.54, 1.807) is 18.2 Å². The van der Waals surface area contributed by atoms with E-state index in [4.69, 9.17) is 23.2 Å². The number of amides is 1. The number of likely N-dealkylation sites (tertiary alicyclic amines) is 1. The van der Waals surface area contributed by atoms with Crippen molar-refractivity contribution in [1.29, 1.82) is 0 Å². The van der Waals surface area contributed by atoms with Gasteiger partial charge in [-0.2, -0.15) is 0 Å². The highest BCUT2D eigenvalue weighted by Crippen LogP contribution is 2.30. The average molecular weight is 476 g/mol. The van der Waals surface area contributed by atoms with Crippen LogP contribution in [0.5, 0.6) is 0 Å². The van der Waals surface area contributed by atoms with Gasteiger partial charge in [-0.25, -0.2) is 0 Å². The lowest BCUT2D eigenvalue weighted by molar-refractivity contribution is -0.113. The number of carbonyl (C=O) groups is 1. The maximum absolute atomic E-state index is 12.5. The van der Waals surface area contributed by atoms with Crippen LogP contribution in [0.25, 0.3) is 0 Å². The quantitative estimate of drug-likeness (QED) is 0.466. The number of hydrogen-bond donors (Lipinski definition) is 1. The maximum Gasteiger partial charge on any atom is 0.234 e. The molecule has 2 heterocycles. The Morgan fingerprint density at radius 3 is 2.55 bits per heavy atom. The largest absolute Gasteiger partial charge is 0.324 e.